The van der Waals surface area contributed by atoms with Crippen LogP contribution in [0.3, 0.4) is 0 Å². The molecular formula is C34H28ClF5N7O3S+. The highest BCUT2D eigenvalue weighted by Gasteiger charge is 2.42. The highest BCUT2D eigenvalue weighted by atomic mass is 35.5. The molecule has 3 aromatic rings. The average Bonchev–Trinajstić information content (AvgIpc) is 3.25. The fraction of sp³-hybridized carbons (Fsp3) is 0.294. The zero-order chi connectivity index (χ0) is 36.5. The number of nitrogens with zero attached hydrogens (tertiary/aromatic N) is 7. The molecule has 1 unspecified atom stereocenters. The van der Waals surface area contributed by atoms with Gasteiger partial charge >= 0.3 is 17.9 Å². The first-order valence-corrected chi connectivity index (χ1v) is 17.1. The summed E-state index contributed by atoms with van der Waals surface area (Å²) in [7, 11) is 0. The van der Waals surface area contributed by atoms with Crippen LogP contribution < -0.4 is 10.6 Å². The van der Waals surface area contributed by atoms with E-state index in [0.717, 1.165) is 28.6 Å². The summed E-state index contributed by atoms with van der Waals surface area (Å²) < 4.78 is 77.5. The monoisotopic (exact) mass is 744 g/mol. The van der Waals surface area contributed by atoms with Crippen molar-refractivity contribution in [3.8, 4) is 11.1 Å². The number of halogens is 6. The summed E-state index contributed by atoms with van der Waals surface area (Å²) >= 11 is 6.93. The van der Waals surface area contributed by atoms with Gasteiger partial charge in [0.25, 0.3) is 5.84 Å². The second kappa shape index (κ2) is 12.7. The van der Waals surface area contributed by atoms with Crippen LogP contribution in [0.1, 0.15) is 19.4 Å². The number of piperazine rings is 1. The van der Waals surface area contributed by atoms with Gasteiger partial charge in [0, 0.05) is 76.9 Å². The van der Waals surface area contributed by atoms with Gasteiger partial charge < -0.3 is 9.80 Å². The SMILES string of the molecule is C=CC(=O)N1[C@H](C)CN(c2nc(=O)n3c4c(c(-c5cc(Cl)c(F)cc5F)c(C(F)(F)F)cc24)SCC(/C=[N+]2/N=C4C=CC=CN4C2=O)C3)C[C@@H]1C. The van der Waals surface area contributed by atoms with Crippen molar-refractivity contribution in [1.29, 1.82) is 0 Å². The van der Waals surface area contributed by atoms with Gasteiger partial charge in [0.15, 0.2) is 0 Å². The zero-order valence-electron chi connectivity index (χ0n) is 27.0. The number of urea groups is 1. The fourth-order valence-electron chi connectivity index (χ4n) is 6.99. The minimum Gasteiger partial charge on any atom is -0.352 e. The zero-order valence-corrected chi connectivity index (χ0v) is 28.6. The molecule has 4 aliphatic rings. The largest absolute Gasteiger partial charge is 0.529 e. The number of allylic oxidation sites excluding steroid dienone is 2. The Hall–Kier alpha value is -4.83. The highest BCUT2D eigenvalue weighted by molar-refractivity contribution is 7.99. The number of amidine groups is 1. The van der Waals surface area contributed by atoms with Crippen LogP contribution in [-0.2, 0) is 17.5 Å². The molecule has 5 heterocycles. The Balaban J connectivity index is 1.46. The summed E-state index contributed by atoms with van der Waals surface area (Å²) in [5.74, 6) is -3.05. The Kier molecular flexibility index (Phi) is 8.65. The van der Waals surface area contributed by atoms with Gasteiger partial charge in [-0.05, 0) is 43.2 Å². The smallest absolute Gasteiger partial charge is 0.352 e. The van der Waals surface area contributed by atoms with Gasteiger partial charge in [-0.2, -0.15) is 22.9 Å². The fourth-order valence-corrected chi connectivity index (χ4v) is 8.45. The Morgan fingerprint density at radius 1 is 1.08 bits per heavy atom. The van der Waals surface area contributed by atoms with Crippen LogP contribution in [0.15, 0.2) is 70.1 Å². The van der Waals surface area contributed by atoms with E-state index in [1.54, 1.807) is 41.9 Å². The molecule has 1 saturated heterocycles. The maximum Gasteiger partial charge on any atom is 0.529 e. The van der Waals surface area contributed by atoms with Crippen LogP contribution in [0.25, 0.3) is 22.0 Å². The second-order valence-corrected chi connectivity index (χ2v) is 14.0. The molecule has 17 heteroatoms. The predicted octanol–water partition coefficient (Wildman–Crippen LogP) is 6.26. The first kappa shape index (κ1) is 34.6. The molecule has 1 aromatic heterocycles. The number of carbonyl (C=O) groups excluding carboxylic acids is 2. The van der Waals surface area contributed by atoms with Crippen LogP contribution in [0.4, 0.5) is 32.6 Å². The quantitative estimate of drug-likeness (QED) is 0.136. The summed E-state index contributed by atoms with van der Waals surface area (Å²) in [5.41, 5.74) is -3.20. The van der Waals surface area contributed by atoms with E-state index < -0.39 is 69.2 Å². The lowest BCUT2D eigenvalue weighted by Crippen LogP contribution is -2.58. The van der Waals surface area contributed by atoms with E-state index in [0.29, 0.717) is 11.9 Å². The van der Waals surface area contributed by atoms with E-state index in [2.05, 4.69) is 16.7 Å². The Morgan fingerprint density at radius 2 is 1.80 bits per heavy atom. The van der Waals surface area contributed by atoms with E-state index in [9.17, 15) is 18.8 Å². The minimum atomic E-state index is -5.05. The van der Waals surface area contributed by atoms with Crippen molar-refractivity contribution in [3.63, 3.8) is 0 Å². The molecule has 7 rings (SSSR count). The first-order valence-electron chi connectivity index (χ1n) is 15.7. The molecule has 51 heavy (non-hydrogen) atoms. The lowest BCUT2D eigenvalue weighted by atomic mass is 9.95. The van der Waals surface area contributed by atoms with E-state index in [-0.39, 0.29) is 52.9 Å². The minimum absolute atomic E-state index is 0.0322. The molecule has 0 spiro atoms. The summed E-state index contributed by atoms with van der Waals surface area (Å²) in [5, 5.41) is 3.70. The maximum atomic E-state index is 15.5. The van der Waals surface area contributed by atoms with Crippen LogP contribution >= 0.6 is 23.4 Å². The molecule has 0 aliphatic carbocycles. The molecule has 2 aromatic carbocycles. The number of carbonyl (C=O) groups is 2. The van der Waals surface area contributed by atoms with Gasteiger partial charge in [0.1, 0.15) is 29.9 Å². The number of alkyl halides is 3. The van der Waals surface area contributed by atoms with Crippen LogP contribution in [0.2, 0.25) is 5.02 Å². The Labute approximate surface area is 296 Å². The molecule has 0 saturated carbocycles. The highest BCUT2D eigenvalue weighted by Crippen LogP contribution is 2.49. The molecular weight excluding hydrogens is 717 g/mol. The van der Waals surface area contributed by atoms with Crippen molar-refractivity contribution in [2.45, 2.75) is 43.5 Å². The van der Waals surface area contributed by atoms with Crippen molar-refractivity contribution in [2.75, 3.05) is 23.7 Å². The van der Waals surface area contributed by atoms with Gasteiger partial charge in [-0.15, -0.1) is 16.7 Å². The van der Waals surface area contributed by atoms with Gasteiger partial charge in [-0.1, -0.05) is 28.9 Å². The number of benzene rings is 2. The third kappa shape index (κ3) is 5.93. The van der Waals surface area contributed by atoms with Crippen molar-refractivity contribution in [2.24, 2.45) is 11.0 Å². The van der Waals surface area contributed by atoms with E-state index in [4.69, 9.17) is 11.6 Å². The van der Waals surface area contributed by atoms with Crippen LogP contribution in [0, 0.1) is 17.6 Å². The molecule has 3 amide bonds. The number of aromatic nitrogens is 2. The topological polar surface area (TPSA) is 94.1 Å². The van der Waals surface area contributed by atoms with Gasteiger partial charge in [-0.25, -0.2) is 13.6 Å². The number of fused-ring (bicyclic) bond motifs is 1. The molecule has 0 bridgehead atoms. The third-order valence-corrected chi connectivity index (χ3v) is 10.7. The number of hydrazone groups is 1. The standard InChI is InChI=1S/C34H28ClF5N7O3S/c1-4-27(48)47-17(2)12-43(13-18(47)3)31-21-9-22(34(38,39)40)28(20-10-23(35)25(37)11-24(20)36)30-29(21)45(32(49)41-31)14-19(16-51-30)15-46-33(50)44-8-6-5-7-26(44)42-46/h4-11,15,17-19H,1,12-14,16H2,2-3H3/q+1/b46-15+/t17-,18+,19?. The summed E-state index contributed by atoms with van der Waals surface area (Å²) in [4.78, 5) is 48.5. The number of hydrogen-bond acceptors (Lipinski definition) is 7. The lowest BCUT2D eigenvalue weighted by Gasteiger charge is -2.44. The number of rotatable bonds is 4. The number of amides is 3. The predicted molar refractivity (Wildman–Crippen MR) is 183 cm³/mol. The third-order valence-electron chi connectivity index (χ3n) is 9.09. The normalized spacial score (nSPS) is 22.5. The summed E-state index contributed by atoms with van der Waals surface area (Å²) in [6.45, 7) is 7.25. The summed E-state index contributed by atoms with van der Waals surface area (Å²) in [6.07, 6.45) is 4.13. The number of thioether (sulfide) groups is 1. The molecule has 0 N–H and O–H groups in total. The van der Waals surface area contributed by atoms with Crippen molar-refractivity contribution >= 4 is 64.1 Å². The molecule has 1 fully saturated rings. The molecule has 3 atom stereocenters. The van der Waals surface area contributed by atoms with Crippen molar-refractivity contribution in [1.82, 2.24) is 19.4 Å². The van der Waals surface area contributed by atoms with Crippen LogP contribution in [0.5, 0.6) is 0 Å². The maximum absolute atomic E-state index is 15.5. The van der Waals surface area contributed by atoms with Gasteiger partial charge in [0.2, 0.25) is 5.91 Å². The number of hydrogen-bond donors (Lipinski definition) is 0. The van der Waals surface area contributed by atoms with Gasteiger partial charge in [-0.3, -0.25) is 9.36 Å². The van der Waals surface area contributed by atoms with E-state index in [1.807, 2.05) is 0 Å². The van der Waals surface area contributed by atoms with E-state index >= 15 is 17.6 Å². The Morgan fingerprint density at radius 3 is 2.47 bits per heavy atom. The second-order valence-electron chi connectivity index (χ2n) is 12.5. The first-order chi connectivity index (χ1) is 24.2. The molecule has 264 valence electrons. The number of anilines is 1. The van der Waals surface area contributed by atoms with Crippen molar-refractivity contribution in [3.05, 3.63) is 88.0 Å². The van der Waals surface area contributed by atoms with Gasteiger partial charge in [0.05, 0.1) is 16.1 Å². The van der Waals surface area contributed by atoms with E-state index in [1.165, 1.54) is 28.0 Å². The molecule has 0 radical (unpaired) electrons. The van der Waals surface area contributed by atoms with Crippen LogP contribution in [-0.4, -0.2) is 78.9 Å². The lowest BCUT2D eigenvalue weighted by molar-refractivity contribution is -0.426. The average molecular weight is 745 g/mol. The van der Waals surface area contributed by atoms with Crippen molar-refractivity contribution < 1.29 is 36.2 Å². The summed E-state index contributed by atoms with van der Waals surface area (Å²) in [6, 6.07) is 0.694. The molecule has 4 aliphatic heterocycles. The molecule has 10 nitrogen and oxygen atoms in total. The Bertz CT molecular complexity index is 2220.